The summed E-state index contributed by atoms with van der Waals surface area (Å²) in [7, 11) is 1.79. The minimum absolute atomic E-state index is 0.0154. The van der Waals surface area contributed by atoms with Gasteiger partial charge in [0, 0.05) is 32.8 Å². The van der Waals surface area contributed by atoms with Crippen LogP contribution in [0.4, 0.5) is 5.69 Å². The summed E-state index contributed by atoms with van der Waals surface area (Å²) in [5.41, 5.74) is 0.863. The Labute approximate surface area is 142 Å². The molecule has 1 atom stereocenters. The van der Waals surface area contributed by atoms with Gasteiger partial charge in [0.05, 0.1) is 10.9 Å². The second-order valence-corrected chi connectivity index (χ2v) is 7.49. The number of hydrogen-bond acceptors (Lipinski definition) is 4. The van der Waals surface area contributed by atoms with Gasteiger partial charge in [-0.2, -0.15) is 0 Å². The van der Waals surface area contributed by atoms with E-state index in [0.29, 0.717) is 12.5 Å². The Kier molecular flexibility index (Phi) is 6.04. The van der Waals surface area contributed by atoms with Gasteiger partial charge in [0.25, 0.3) is 0 Å². The first-order valence-corrected chi connectivity index (χ1v) is 8.99. The molecule has 2 rings (SSSR count). The van der Waals surface area contributed by atoms with Gasteiger partial charge in [0.15, 0.2) is 0 Å². The quantitative estimate of drug-likeness (QED) is 0.802. The largest absolute Gasteiger partial charge is 0.346 e. The standard InChI is InChI=1S/C17H25N3O2S/c1-5-9-19(4)15(21)10-14-17(22)20(11-12(2)3)13-7-6-8-18-16(13)23-14/h6-8,12,14H,5,9-11H2,1-4H3. The highest BCUT2D eigenvalue weighted by molar-refractivity contribution is 8.00. The lowest BCUT2D eigenvalue weighted by atomic mass is 10.1. The molecule has 2 heterocycles. The van der Waals surface area contributed by atoms with Crippen LogP contribution in [-0.2, 0) is 9.59 Å². The molecule has 6 heteroatoms. The fraction of sp³-hybridized carbons (Fsp3) is 0.588. The van der Waals surface area contributed by atoms with Crippen molar-refractivity contribution < 1.29 is 9.59 Å². The average Bonchev–Trinajstić information content (AvgIpc) is 2.51. The number of hydrogen-bond donors (Lipinski definition) is 0. The summed E-state index contributed by atoms with van der Waals surface area (Å²) in [4.78, 5) is 33.0. The van der Waals surface area contributed by atoms with Gasteiger partial charge in [-0.25, -0.2) is 4.98 Å². The van der Waals surface area contributed by atoms with Crippen LogP contribution in [0.25, 0.3) is 0 Å². The maximum atomic E-state index is 12.8. The van der Waals surface area contributed by atoms with E-state index in [1.54, 1.807) is 23.0 Å². The summed E-state index contributed by atoms with van der Waals surface area (Å²) in [6, 6.07) is 3.78. The lowest BCUT2D eigenvalue weighted by molar-refractivity contribution is -0.131. The first-order valence-electron chi connectivity index (χ1n) is 8.11. The average molecular weight is 335 g/mol. The first-order chi connectivity index (χ1) is 10.9. The van der Waals surface area contributed by atoms with Crippen molar-refractivity contribution in [1.82, 2.24) is 9.88 Å². The lowest BCUT2D eigenvalue weighted by Crippen LogP contribution is -2.45. The number of carbonyl (C=O) groups is 2. The highest BCUT2D eigenvalue weighted by Crippen LogP contribution is 2.39. The minimum Gasteiger partial charge on any atom is -0.346 e. The third kappa shape index (κ3) is 4.25. The number of nitrogens with zero attached hydrogens (tertiary/aromatic N) is 3. The number of fused-ring (bicyclic) bond motifs is 1. The molecule has 23 heavy (non-hydrogen) atoms. The molecule has 1 aromatic heterocycles. The highest BCUT2D eigenvalue weighted by atomic mass is 32.2. The summed E-state index contributed by atoms with van der Waals surface area (Å²) in [5, 5.41) is 0.451. The fourth-order valence-electron chi connectivity index (χ4n) is 2.61. The zero-order chi connectivity index (χ0) is 17.0. The van der Waals surface area contributed by atoms with Gasteiger partial charge in [0.2, 0.25) is 11.8 Å². The zero-order valence-electron chi connectivity index (χ0n) is 14.3. The van der Waals surface area contributed by atoms with E-state index < -0.39 is 0 Å². The van der Waals surface area contributed by atoms with E-state index in [9.17, 15) is 9.59 Å². The van der Waals surface area contributed by atoms with Gasteiger partial charge >= 0.3 is 0 Å². The Morgan fingerprint density at radius 1 is 1.48 bits per heavy atom. The Morgan fingerprint density at radius 3 is 2.87 bits per heavy atom. The molecular formula is C17H25N3O2S. The predicted octanol–water partition coefficient (Wildman–Crippen LogP) is 2.80. The van der Waals surface area contributed by atoms with Crippen molar-refractivity contribution in [2.75, 3.05) is 25.0 Å². The van der Waals surface area contributed by atoms with Gasteiger partial charge in [-0.15, -0.1) is 0 Å². The molecule has 1 aliphatic rings. The Hall–Kier alpha value is -1.56. The van der Waals surface area contributed by atoms with Crippen LogP contribution in [-0.4, -0.2) is 47.1 Å². The SMILES string of the molecule is CCCN(C)C(=O)CC1Sc2ncccc2N(CC(C)C)C1=O. The molecule has 2 amide bonds. The molecule has 5 nitrogen and oxygen atoms in total. The Bertz CT molecular complexity index is 577. The van der Waals surface area contributed by atoms with Crippen LogP contribution in [0.2, 0.25) is 0 Å². The van der Waals surface area contributed by atoms with Crippen molar-refractivity contribution >= 4 is 29.3 Å². The van der Waals surface area contributed by atoms with Gasteiger partial charge < -0.3 is 9.80 Å². The summed E-state index contributed by atoms with van der Waals surface area (Å²) in [6.07, 6.45) is 2.87. The van der Waals surface area contributed by atoms with E-state index in [-0.39, 0.29) is 23.5 Å². The van der Waals surface area contributed by atoms with Crippen molar-refractivity contribution in [1.29, 1.82) is 0 Å². The molecule has 1 unspecified atom stereocenters. The third-order valence-electron chi connectivity index (χ3n) is 3.73. The van der Waals surface area contributed by atoms with Crippen LogP contribution in [0.1, 0.15) is 33.6 Å². The molecule has 0 fully saturated rings. The van der Waals surface area contributed by atoms with E-state index in [1.165, 1.54) is 11.8 Å². The number of thioether (sulfide) groups is 1. The Morgan fingerprint density at radius 2 is 2.22 bits per heavy atom. The van der Waals surface area contributed by atoms with Crippen LogP contribution >= 0.6 is 11.8 Å². The molecule has 0 radical (unpaired) electrons. The van der Waals surface area contributed by atoms with Crippen molar-refractivity contribution in [3.63, 3.8) is 0 Å². The lowest BCUT2D eigenvalue weighted by Gasteiger charge is -2.34. The molecule has 1 aliphatic heterocycles. The van der Waals surface area contributed by atoms with E-state index in [1.807, 2.05) is 19.1 Å². The highest BCUT2D eigenvalue weighted by Gasteiger charge is 2.36. The summed E-state index contributed by atoms with van der Waals surface area (Å²) in [5.74, 6) is 0.387. The zero-order valence-corrected chi connectivity index (χ0v) is 15.1. The summed E-state index contributed by atoms with van der Waals surface area (Å²) < 4.78 is 0. The first kappa shape index (κ1) is 17.8. The number of aromatic nitrogens is 1. The number of amides is 2. The number of carbonyl (C=O) groups excluding carboxylic acids is 2. The third-order valence-corrected chi connectivity index (χ3v) is 4.92. The van der Waals surface area contributed by atoms with Crippen LogP contribution in [0.15, 0.2) is 23.4 Å². The van der Waals surface area contributed by atoms with Crippen LogP contribution in [0.3, 0.4) is 0 Å². The molecular weight excluding hydrogens is 310 g/mol. The molecule has 0 spiro atoms. The van der Waals surface area contributed by atoms with Gasteiger partial charge in [0.1, 0.15) is 5.03 Å². The molecule has 0 aromatic carbocycles. The van der Waals surface area contributed by atoms with Crippen LogP contribution in [0, 0.1) is 5.92 Å². The second kappa shape index (κ2) is 7.81. The van der Waals surface area contributed by atoms with Crippen LogP contribution < -0.4 is 4.90 Å². The maximum absolute atomic E-state index is 12.8. The van der Waals surface area contributed by atoms with Gasteiger partial charge in [-0.05, 0) is 24.5 Å². The number of rotatable bonds is 6. The monoisotopic (exact) mass is 335 g/mol. The molecule has 0 aliphatic carbocycles. The number of anilines is 1. The van der Waals surface area contributed by atoms with E-state index in [2.05, 4.69) is 18.8 Å². The summed E-state index contributed by atoms with van der Waals surface area (Å²) in [6.45, 7) is 7.57. The van der Waals surface area contributed by atoms with Crippen molar-refractivity contribution in [3.8, 4) is 0 Å². The summed E-state index contributed by atoms with van der Waals surface area (Å²) >= 11 is 1.41. The smallest absolute Gasteiger partial charge is 0.241 e. The topological polar surface area (TPSA) is 53.5 Å². The normalized spacial score (nSPS) is 17.3. The minimum atomic E-state index is -0.386. The maximum Gasteiger partial charge on any atom is 0.241 e. The fourth-order valence-corrected chi connectivity index (χ4v) is 3.76. The van der Waals surface area contributed by atoms with Gasteiger partial charge in [-0.1, -0.05) is 32.5 Å². The van der Waals surface area contributed by atoms with Crippen molar-refractivity contribution in [2.24, 2.45) is 5.92 Å². The van der Waals surface area contributed by atoms with Gasteiger partial charge in [-0.3, -0.25) is 9.59 Å². The molecule has 0 saturated carbocycles. The molecule has 126 valence electrons. The molecule has 1 aromatic rings. The molecule has 0 bridgehead atoms. The number of pyridine rings is 1. The predicted molar refractivity (Wildman–Crippen MR) is 93.6 cm³/mol. The van der Waals surface area contributed by atoms with E-state index in [4.69, 9.17) is 0 Å². The van der Waals surface area contributed by atoms with E-state index >= 15 is 0 Å². The van der Waals surface area contributed by atoms with Crippen LogP contribution in [0.5, 0.6) is 0 Å². The van der Waals surface area contributed by atoms with E-state index in [0.717, 1.165) is 23.7 Å². The second-order valence-electron chi connectivity index (χ2n) is 6.30. The van der Waals surface area contributed by atoms with Crippen molar-refractivity contribution in [2.45, 2.75) is 43.9 Å². The molecule has 0 N–H and O–H groups in total. The van der Waals surface area contributed by atoms with Crippen molar-refractivity contribution in [3.05, 3.63) is 18.3 Å². The molecule has 0 saturated heterocycles. The Balaban J connectivity index is 2.20.